The predicted octanol–water partition coefficient (Wildman–Crippen LogP) is 2.73. The van der Waals surface area contributed by atoms with Gasteiger partial charge in [-0.1, -0.05) is 0 Å². The van der Waals surface area contributed by atoms with Gasteiger partial charge < -0.3 is 24.8 Å². The molecule has 2 aliphatic rings. The molecule has 0 spiro atoms. The van der Waals surface area contributed by atoms with E-state index in [0.717, 1.165) is 6.42 Å². The standard InChI is InChI=1S/C17H18.C13H9.C5H5.2ClH.Zr/c1-12-5-7-16(14(3)9-12)11-17-8-6-13(2)10-15(17)4;1-3-7-12-10(5-1)9-11-6-2-4-8-13(11)12;1-2-4-5-3-1;;;/h5-10H,1-4H3;1-9H;1-3H,4H2;2*1H;/q;;;;;+2/p-2. The van der Waals surface area contributed by atoms with Crippen molar-refractivity contribution in [2.45, 2.75) is 37.7 Å². The number of fused-ring (bicyclic) bond motifs is 3. The molecule has 0 saturated heterocycles. The summed E-state index contributed by atoms with van der Waals surface area (Å²) >= 11 is -2.58. The number of halogens is 2. The van der Waals surface area contributed by atoms with E-state index in [2.05, 4.69) is 131 Å². The van der Waals surface area contributed by atoms with Gasteiger partial charge in [-0.2, -0.15) is 0 Å². The van der Waals surface area contributed by atoms with Crippen LogP contribution in [-0.4, -0.2) is 3.21 Å². The Bertz CT molecular complexity index is 1510. The third kappa shape index (κ3) is 5.02. The Morgan fingerprint density at radius 3 is 1.61 bits per heavy atom. The molecule has 0 unspecified atom stereocenters. The summed E-state index contributed by atoms with van der Waals surface area (Å²) in [5.41, 5.74) is 14.3. The van der Waals surface area contributed by atoms with E-state index in [4.69, 9.17) is 0 Å². The molecule has 0 nitrogen and oxygen atoms in total. The van der Waals surface area contributed by atoms with E-state index in [1.807, 2.05) is 0 Å². The fourth-order valence-corrected chi connectivity index (χ4v) is 15.7. The van der Waals surface area contributed by atoms with Crippen molar-refractivity contribution in [2.75, 3.05) is 0 Å². The van der Waals surface area contributed by atoms with Gasteiger partial charge in [-0.15, -0.1) is 0 Å². The second-order valence-corrected chi connectivity index (χ2v) is 16.6. The van der Waals surface area contributed by atoms with Crippen LogP contribution >= 0.6 is 0 Å². The van der Waals surface area contributed by atoms with Crippen molar-refractivity contribution in [3.63, 3.8) is 0 Å². The maximum atomic E-state index is 2.46. The molecule has 0 atom stereocenters. The van der Waals surface area contributed by atoms with Crippen LogP contribution in [0.1, 0.15) is 54.6 Å². The van der Waals surface area contributed by atoms with Crippen LogP contribution in [0.5, 0.6) is 0 Å². The van der Waals surface area contributed by atoms with Crippen LogP contribution in [0, 0.1) is 27.7 Å². The van der Waals surface area contributed by atoms with E-state index in [9.17, 15) is 0 Å². The van der Waals surface area contributed by atoms with Crippen LogP contribution in [0.4, 0.5) is 0 Å². The normalized spacial score (nSPS) is 13.0. The van der Waals surface area contributed by atoms with Crippen LogP contribution < -0.4 is 24.8 Å². The van der Waals surface area contributed by atoms with Crippen molar-refractivity contribution in [3.05, 3.63) is 151 Å². The quantitative estimate of drug-likeness (QED) is 0.332. The van der Waals surface area contributed by atoms with E-state index in [1.165, 1.54) is 55.6 Å². The molecule has 38 heavy (non-hydrogen) atoms. The number of hydrogen-bond acceptors (Lipinski definition) is 0. The number of allylic oxidation sites excluding steroid dienone is 4. The van der Waals surface area contributed by atoms with Gasteiger partial charge in [0, 0.05) is 0 Å². The first-order valence-electron chi connectivity index (χ1n) is 13.0. The average Bonchev–Trinajstić information content (AvgIpc) is 3.51. The summed E-state index contributed by atoms with van der Waals surface area (Å²) in [6.45, 7) is 9.04. The third-order valence-electron chi connectivity index (χ3n) is 7.81. The van der Waals surface area contributed by atoms with E-state index in [0.29, 0.717) is 3.63 Å². The minimum atomic E-state index is -2.58. The van der Waals surface area contributed by atoms with Gasteiger partial charge in [0.15, 0.2) is 0 Å². The molecule has 0 heterocycles. The maximum absolute atomic E-state index is 2.58. The second kappa shape index (κ2) is 11.8. The molecule has 0 saturated carbocycles. The predicted molar refractivity (Wildman–Crippen MR) is 151 cm³/mol. The van der Waals surface area contributed by atoms with Gasteiger partial charge in [0.05, 0.1) is 0 Å². The Labute approximate surface area is 247 Å². The van der Waals surface area contributed by atoms with Crippen LogP contribution in [0.3, 0.4) is 0 Å². The number of aryl methyl sites for hydroxylation is 4. The van der Waals surface area contributed by atoms with E-state index in [-0.39, 0.29) is 24.8 Å². The zero-order valence-electron chi connectivity index (χ0n) is 22.4. The van der Waals surface area contributed by atoms with Crippen LogP contribution in [-0.2, 0) is 21.3 Å². The van der Waals surface area contributed by atoms with Gasteiger partial charge >= 0.3 is 224 Å². The van der Waals surface area contributed by atoms with Gasteiger partial charge in [-0.3, -0.25) is 0 Å². The summed E-state index contributed by atoms with van der Waals surface area (Å²) in [5, 5.41) is 0. The zero-order chi connectivity index (χ0) is 24.8. The van der Waals surface area contributed by atoms with E-state index in [1.54, 1.807) is 6.49 Å². The Kier molecular flexibility index (Phi) is 8.94. The summed E-state index contributed by atoms with van der Waals surface area (Å²) in [6.07, 6.45) is 8.22. The summed E-state index contributed by atoms with van der Waals surface area (Å²) in [7, 11) is 0. The monoisotopic (exact) mass is 612 g/mol. The van der Waals surface area contributed by atoms with Gasteiger partial charge in [0.2, 0.25) is 0 Å². The second-order valence-electron chi connectivity index (χ2n) is 10.4. The summed E-state index contributed by atoms with van der Waals surface area (Å²) in [4.78, 5) is 0. The number of rotatable bonds is 4. The molecule has 6 rings (SSSR count). The molecule has 0 aliphatic heterocycles. The molecule has 0 aromatic heterocycles. The van der Waals surface area contributed by atoms with Gasteiger partial charge in [0.25, 0.3) is 0 Å². The first-order valence-corrected chi connectivity index (χ1v) is 16.8. The molecule has 190 valence electrons. The fourth-order valence-electron chi connectivity index (χ4n) is 6.23. The Morgan fingerprint density at radius 1 is 0.658 bits per heavy atom. The molecule has 0 radical (unpaired) electrons. The average molecular weight is 615 g/mol. The molecular weight excluding hydrogens is 583 g/mol. The Balaban J connectivity index is 0.00000168. The largest absolute Gasteiger partial charge is 1.00 e. The first-order chi connectivity index (χ1) is 17.5. The van der Waals surface area contributed by atoms with Crippen molar-refractivity contribution in [1.29, 1.82) is 0 Å². The van der Waals surface area contributed by atoms with Crippen molar-refractivity contribution < 1.29 is 46.1 Å². The molecule has 0 amide bonds. The van der Waals surface area contributed by atoms with E-state index < -0.39 is 21.3 Å². The molecule has 0 bridgehead atoms. The smallest absolute Gasteiger partial charge is 1.00 e. The van der Waals surface area contributed by atoms with Crippen molar-refractivity contribution in [2.24, 2.45) is 0 Å². The maximum Gasteiger partial charge on any atom is -1.00 e. The summed E-state index contributed by atoms with van der Waals surface area (Å²) < 4.78 is 3.82. The molecule has 0 N–H and O–H groups in total. The molecule has 2 aliphatic carbocycles. The van der Waals surface area contributed by atoms with Crippen LogP contribution in [0.15, 0.2) is 106 Å². The van der Waals surface area contributed by atoms with Crippen molar-refractivity contribution >= 4 is 3.21 Å². The van der Waals surface area contributed by atoms with Crippen molar-refractivity contribution in [3.8, 4) is 11.1 Å². The van der Waals surface area contributed by atoms with Gasteiger partial charge in [0.1, 0.15) is 0 Å². The molecule has 0 fully saturated rings. The molecule has 4 aromatic rings. The summed E-state index contributed by atoms with van der Waals surface area (Å²) in [5.74, 6) is 0. The summed E-state index contributed by atoms with van der Waals surface area (Å²) in [6, 6.07) is 32.6. The number of hydrogen-bond donors (Lipinski definition) is 0. The first kappa shape index (κ1) is 28.7. The minimum Gasteiger partial charge on any atom is -1.00 e. The number of benzene rings is 4. The third-order valence-corrected chi connectivity index (χ3v) is 16.0. The fraction of sp³-hybridized carbons (Fsp3) is 0.171. The molecular formula is C35H32Cl2Zr. The SMILES string of the molecule is Cc1ccc([C](c2ccc(C)cc2C)=[Zr+2]([C]2=CC=CC2)[CH]2c3ccccc3-c3ccccc32)c(C)c1.[Cl-].[Cl-]. The van der Waals surface area contributed by atoms with E-state index >= 15 is 0 Å². The van der Waals surface area contributed by atoms with Crippen LogP contribution in [0.25, 0.3) is 11.1 Å². The topological polar surface area (TPSA) is 0 Å². The Morgan fingerprint density at radius 2 is 1.16 bits per heavy atom. The Hall–Kier alpha value is -2.31. The molecule has 3 heteroatoms. The van der Waals surface area contributed by atoms with Gasteiger partial charge in [-0.05, 0) is 0 Å². The van der Waals surface area contributed by atoms with Gasteiger partial charge in [-0.25, -0.2) is 0 Å². The molecule has 4 aromatic carbocycles. The minimum absolute atomic E-state index is 0. The van der Waals surface area contributed by atoms with Crippen LogP contribution in [0.2, 0.25) is 0 Å². The van der Waals surface area contributed by atoms with Crippen molar-refractivity contribution in [1.82, 2.24) is 0 Å². The zero-order valence-corrected chi connectivity index (χ0v) is 26.3.